The molecule has 78 valence electrons. The molecule has 0 atom stereocenters. The maximum atomic E-state index is 9.86. The Morgan fingerprint density at radius 3 is 1.08 bits per heavy atom. The fourth-order valence-electron chi connectivity index (χ4n) is 0.211. The molecule has 0 rings (SSSR count). The van der Waals surface area contributed by atoms with Crippen LogP contribution in [0.1, 0.15) is 5.71 Å². The molecule has 11 heteroatoms. The van der Waals surface area contributed by atoms with E-state index in [4.69, 9.17) is 9.11 Å². The summed E-state index contributed by atoms with van der Waals surface area (Å²) < 4.78 is 55.4. The molecule has 0 aromatic heterocycles. The summed E-state index contributed by atoms with van der Waals surface area (Å²) in [6, 6.07) is 0. The van der Waals surface area contributed by atoms with Gasteiger partial charge in [-0.25, -0.2) is 0 Å². The molecule has 0 amide bonds. The van der Waals surface area contributed by atoms with Gasteiger partial charge in [0.2, 0.25) is 0 Å². The number of hydrogen-bond acceptors (Lipinski definition) is 4. The molecule has 0 aliphatic carbocycles. The zero-order chi connectivity index (χ0) is 8.41. The minimum atomic E-state index is -4.30. The van der Waals surface area contributed by atoms with Gasteiger partial charge in [0.15, 0.2) is 0 Å². The Hall–Kier alpha value is 1.64. The second-order valence-electron chi connectivity index (χ2n) is 1.57. The van der Waals surface area contributed by atoms with Gasteiger partial charge in [-0.15, -0.1) is 12.4 Å². The fourth-order valence-corrected chi connectivity index (χ4v) is 1.90. The Morgan fingerprint density at radius 1 is 0.846 bits per heavy atom. The molecule has 0 unspecified atom stereocenters. The average Bonchev–Trinajstić information content (AvgIpc) is 1.57. The van der Waals surface area contributed by atoms with E-state index in [9.17, 15) is 16.8 Å². The fraction of sp³-hybridized carbons (Fsp3) is 1.00. The summed E-state index contributed by atoms with van der Waals surface area (Å²) in [6.07, 6.45) is 0. The van der Waals surface area contributed by atoms with Gasteiger partial charge in [-0.1, -0.05) is 0 Å². The van der Waals surface area contributed by atoms with Gasteiger partial charge in [-0.3, -0.25) is 9.11 Å². The van der Waals surface area contributed by atoms with E-state index in [1.165, 1.54) is 0 Å². The van der Waals surface area contributed by atoms with Crippen LogP contribution in [0, 0.1) is 0 Å². The standard InChI is InChI=1S/C2H6O6S2.ClH.2Mg.4H/c3-9(4,5)1-2-10(6,7)8;;;;;;;/h1-2H2,(H,3,4,5)(H,6,7,8);1H;;;;;;/q;;2*+2;4*-1. The molecule has 0 saturated heterocycles. The third kappa shape index (κ3) is 24.8. The van der Waals surface area contributed by atoms with E-state index in [-0.39, 0.29) is 64.2 Å². The van der Waals surface area contributed by atoms with Crippen LogP contribution in [0.5, 0.6) is 0 Å². The third-order valence-electron chi connectivity index (χ3n) is 0.599. The van der Waals surface area contributed by atoms with Crippen LogP contribution in [0.2, 0.25) is 0 Å². The van der Waals surface area contributed by atoms with Crippen molar-refractivity contribution in [1.29, 1.82) is 0 Å². The Morgan fingerprint density at radius 2 is 1.00 bits per heavy atom. The second-order valence-corrected chi connectivity index (χ2v) is 4.72. The summed E-state index contributed by atoms with van der Waals surface area (Å²) in [6.45, 7) is 0. The van der Waals surface area contributed by atoms with Crippen LogP contribution in [0.4, 0.5) is 0 Å². The quantitative estimate of drug-likeness (QED) is 0.500. The van der Waals surface area contributed by atoms with Gasteiger partial charge in [-0.05, 0) is 0 Å². The molecule has 0 aliphatic heterocycles. The first-order chi connectivity index (χ1) is 4.21. The molecule has 0 bridgehead atoms. The minimum absolute atomic E-state index is 0. The van der Waals surface area contributed by atoms with Crippen molar-refractivity contribution < 1.29 is 31.6 Å². The maximum absolute atomic E-state index is 9.86. The topological polar surface area (TPSA) is 109 Å². The van der Waals surface area contributed by atoms with E-state index in [1.54, 1.807) is 0 Å². The average molecular weight is 279 g/mol. The zero-order valence-electron chi connectivity index (χ0n) is 10.6. The Bertz CT molecular complexity index is 276. The molecule has 13 heavy (non-hydrogen) atoms. The van der Waals surface area contributed by atoms with E-state index in [1.807, 2.05) is 0 Å². The van der Waals surface area contributed by atoms with Crippen molar-refractivity contribution in [2.45, 2.75) is 0 Å². The molecule has 0 heterocycles. The van der Waals surface area contributed by atoms with Crippen molar-refractivity contribution in [2.75, 3.05) is 11.5 Å². The maximum Gasteiger partial charge on any atom is 2.00 e. The van der Waals surface area contributed by atoms with Crippen LogP contribution >= 0.6 is 12.4 Å². The smallest absolute Gasteiger partial charge is 1.00 e. The predicted octanol–water partition coefficient (Wildman–Crippen LogP) is -1.13. The Labute approximate surface area is 121 Å². The van der Waals surface area contributed by atoms with Crippen LogP contribution in [0.25, 0.3) is 0 Å². The molecule has 0 spiro atoms. The van der Waals surface area contributed by atoms with Gasteiger partial charge in [0.05, 0.1) is 11.5 Å². The molecular formula is C2H11ClMg2O6S2. The van der Waals surface area contributed by atoms with Gasteiger partial charge in [0.25, 0.3) is 20.2 Å². The summed E-state index contributed by atoms with van der Waals surface area (Å²) in [5.41, 5.74) is 0. The third-order valence-corrected chi connectivity index (χ3v) is 2.30. The summed E-state index contributed by atoms with van der Waals surface area (Å²) in [5, 5.41) is 0. The Balaban J connectivity index is -0.0000000193. The van der Waals surface area contributed by atoms with Crippen molar-refractivity contribution in [3.8, 4) is 0 Å². The SMILES string of the molecule is Cl.O=S(=O)(O)CCS(=O)(=O)O.[H-].[H-].[H-].[H-].[Mg+2].[Mg+2]. The van der Waals surface area contributed by atoms with E-state index < -0.39 is 31.7 Å². The van der Waals surface area contributed by atoms with Crippen molar-refractivity contribution >= 4 is 78.7 Å². The normalized spacial score (nSPS) is 10.3. The van der Waals surface area contributed by atoms with Crippen LogP contribution in [0.3, 0.4) is 0 Å². The van der Waals surface area contributed by atoms with Gasteiger partial charge in [-0.2, -0.15) is 16.8 Å². The van der Waals surface area contributed by atoms with E-state index in [0.717, 1.165) is 0 Å². The van der Waals surface area contributed by atoms with Crippen LogP contribution in [0.15, 0.2) is 0 Å². The molecule has 0 aromatic rings. The van der Waals surface area contributed by atoms with Crippen molar-refractivity contribution in [2.24, 2.45) is 0 Å². The van der Waals surface area contributed by atoms with E-state index >= 15 is 0 Å². The summed E-state index contributed by atoms with van der Waals surface area (Å²) >= 11 is 0. The van der Waals surface area contributed by atoms with Crippen molar-refractivity contribution in [1.82, 2.24) is 0 Å². The first-order valence-corrected chi connectivity index (χ1v) is 5.33. The van der Waals surface area contributed by atoms with Crippen molar-refractivity contribution in [3.63, 3.8) is 0 Å². The largest absolute Gasteiger partial charge is 2.00 e. The molecule has 0 aliphatic rings. The van der Waals surface area contributed by atoms with Gasteiger partial charge >= 0.3 is 46.1 Å². The summed E-state index contributed by atoms with van der Waals surface area (Å²) in [7, 11) is -8.59. The molecule has 0 fully saturated rings. The van der Waals surface area contributed by atoms with E-state index in [2.05, 4.69) is 0 Å². The predicted molar refractivity (Wildman–Crippen MR) is 56.0 cm³/mol. The van der Waals surface area contributed by atoms with Gasteiger partial charge < -0.3 is 5.71 Å². The molecule has 6 nitrogen and oxygen atoms in total. The molecular weight excluding hydrogens is 268 g/mol. The zero-order valence-corrected chi connectivity index (χ0v) is 11.9. The van der Waals surface area contributed by atoms with Gasteiger partial charge in [0.1, 0.15) is 0 Å². The van der Waals surface area contributed by atoms with Crippen LogP contribution in [-0.4, -0.2) is 83.6 Å². The number of hydrogen-bond donors (Lipinski definition) is 2. The molecule has 0 saturated carbocycles. The first kappa shape index (κ1) is 24.1. The second kappa shape index (κ2) is 8.91. The number of rotatable bonds is 3. The van der Waals surface area contributed by atoms with Crippen molar-refractivity contribution in [3.05, 3.63) is 0 Å². The number of halogens is 1. The Kier molecular flexibility index (Phi) is 16.5. The first-order valence-electron chi connectivity index (χ1n) is 2.11. The molecule has 0 aromatic carbocycles. The summed E-state index contributed by atoms with van der Waals surface area (Å²) in [4.78, 5) is 0. The monoisotopic (exact) mass is 278 g/mol. The van der Waals surface area contributed by atoms with Crippen LogP contribution < -0.4 is 0 Å². The summed E-state index contributed by atoms with van der Waals surface area (Å²) in [5.74, 6) is -1.96. The van der Waals surface area contributed by atoms with Crippen LogP contribution in [-0.2, 0) is 20.2 Å². The van der Waals surface area contributed by atoms with Gasteiger partial charge in [0, 0.05) is 0 Å². The van der Waals surface area contributed by atoms with E-state index in [0.29, 0.717) is 0 Å². The molecule has 0 radical (unpaired) electrons. The minimum Gasteiger partial charge on any atom is -1.00 e. The molecule has 2 N–H and O–H groups in total.